The highest BCUT2D eigenvalue weighted by Gasteiger charge is 2.43. The Kier molecular flexibility index (Phi) is 4.35. The van der Waals surface area contributed by atoms with Crippen LogP contribution in [0.25, 0.3) is 0 Å². The number of halogens is 1. The van der Waals surface area contributed by atoms with Crippen molar-refractivity contribution < 1.29 is 9.90 Å². The van der Waals surface area contributed by atoms with Crippen LogP contribution in [0.2, 0.25) is 5.02 Å². The SMILES string of the molecule is CC(C)(NCc1ccncc1Cl)C(C)(C)C(=O)O. The maximum atomic E-state index is 11.3. The number of carbonyl (C=O) groups is 1. The van der Waals surface area contributed by atoms with E-state index in [4.69, 9.17) is 11.6 Å². The minimum Gasteiger partial charge on any atom is -0.481 e. The van der Waals surface area contributed by atoms with Gasteiger partial charge in [0.15, 0.2) is 0 Å². The Hall–Kier alpha value is -1.13. The summed E-state index contributed by atoms with van der Waals surface area (Å²) in [7, 11) is 0. The summed E-state index contributed by atoms with van der Waals surface area (Å²) in [5, 5.41) is 13.1. The lowest BCUT2D eigenvalue weighted by atomic mass is 9.74. The monoisotopic (exact) mass is 270 g/mol. The van der Waals surface area contributed by atoms with Crippen molar-refractivity contribution in [3.8, 4) is 0 Å². The van der Waals surface area contributed by atoms with Gasteiger partial charge < -0.3 is 10.4 Å². The molecule has 5 heteroatoms. The molecule has 0 aliphatic rings. The Bertz CT molecular complexity index is 444. The first-order chi connectivity index (χ1) is 8.18. The number of carboxylic acids is 1. The molecule has 1 aromatic rings. The van der Waals surface area contributed by atoms with Gasteiger partial charge in [0.1, 0.15) is 0 Å². The summed E-state index contributed by atoms with van der Waals surface area (Å²) >= 11 is 6.01. The number of hydrogen-bond acceptors (Lipinski definition) is 3. The van der Waals surface area contributed by atoms with E-state index in [2.05, 4.69) is 10.3 Å². The normalized spacial score (nSPS) is 12.5. The van der Waals surface area contributed by atoms with Crippen LogP contribution in [0.1, 0.15) is 33.3 Å². The van der Waals surface area contributed by atoms with E-state index in [9.17, 15) is 9.90 Å². The molecule has 0 fully saturated rings. The van der Waals surface area contributed by atoms with E-state index >= 15 is 0 Å². The van der Waals surface area contributed by atoms with Crippen LogP contribution in [-0.4, -0.2) is 21.6 Å². The zero-order valence-electron chi connectivity index (χ0n) is 11.1. The minimum atomic E-state index is -0.882. The van der Waals surface area contributed by atoms with Gasteiger partial charge in [-0.05, 0) is 39.3 Å². The number of pyridine rings is 1. The average molecular weight is 271 g/mol. The molecule has 18 heavy (non-hydrogen) atoms. The van der Waals surface area contributed by atoms with Crippen molar-refractivity contribution >= 4 is 17.6 Å². The van der Waals surface area contributed by atoms with Gasteiger partial charge >= 0.3 is 5.97 Å². The third kappa shape index (κ3) is 3.00. The number of nitrogens with one attached hydrogen (secondary N) is 1. The molecule has 4 nitrogen and oxygen atoms in total. The summed E-state index contributed by atoms with van der Waals surface area (Å²) in [6.45, 7) is 7.66. The third-order valence-electron chi connectivity index (χ3n) is 3.67. The Morgan fingerprint density at radius 3 is 2.56 bits per heavy atom. The summed E-state index contributed by atoms with van der Waals surface area (Å²) in [4.78, 5) is 15.2. The lowest BCUT2D eigenvalue weighted by Gasteiger charge is -2.39. The van der Waals surface area contributed by atoms with E-state index in [1.54, 1.807) is 26.2 Å². The zero-order chi connectivity index (χ0) is 14.0. The topological polar surface area (TPSA) is 62.2 Å². The second kappa shape index (κ2) is 5.24. The predicted octanol–water partition coefficient (Wildman–Crippen LogP) is 2.71. The number of carboxylic acid groups (broad SMARTS) is 1. The molecular formula is C13H19ClN2O2. The van der Waals surface area contributed by atoms with E-state index in [0.29, 0.717) is 11.6 Å². The summed E-state index contributed by atoms with van der Waals surface area (Å²) in [5.41, 5.74) is -0.543. The van der Waals surface area contributed by atoms with Gasteiger partial charge in [0.2, 0.25) is 0 Å². The number of rotatable bonds is 5. The van der Waals surface area contributed by atoms with Crippen molar-refractivity contribution in [1.82, 2.24) is 10.3 Å². The first-order valence-corrected chi connectivity index (χ1v) is 6.13. The molecule has 0 radical (unpaired) electrons. The Labute approximate surface area is 112 Å². The minimum absolute atomic E-state index is 0.505. The molecule has 0 saturated heterocycles. The van der Waals surface area contributed by atoms with Crippen LogP contribution in [0.3, 0.4) is 0 Å². The van der Waals surface area contributed by atoms with Crippen molar-refractivity contribution in [3.63, 3.8) is 0 Å². The highest BCUT2D eigenvalue weighted by molar-refractivity contribution is 6.31. The molecule has 2 N–H and O–H groups in total. The molecule has 0 aliphatic carbocycles. The molecule has 0 unspecified atom stereocenters. The fourth-order valence-corrected chi connectivity index (χ4v) is 1.54. The van der Waals surface area contributed by atoms with E-state index in [1.807, 2.05) is 19.9 Å². The van der Waals surface area contributed by atoms with Gasteiger partial charge in [-0.25, -0.2) is 0 Å². The van der Waals surface area contributed by atoms with Crippen molar-refractivity contribution in [1.29, 1.82) is 0 Å². The summed E-state index contributed by atoms with van der Waals surface area (Å²) in [6, 6.07) is 1.82. The van der Waals surface area contributed by atoms with E-state index in [-0.39, 0.29) is 0 Å². The standard InChI is InChI=1S/C13H19ClN2O2/c1-12(2,11(17)18)13(3,4)16-7-9-5-6-15-8-10(9)14/h5-6,8,16H,7H2,1-4H3,(H,17,18). The summed E-state index contributed by atoms with van der Waals surface area (Å²) in [5.74, 6) is -0.833. The molecule has 1 heterocycles. The maximum absolute atomic E-state index is 11.3. The van der Waals surface area contributed by atoms with E-state index in [0.717, 1.165) is 5.56 Å². The largest absolute Gasteiger partial charge is 0.481 e. The van der Waals surface area contributed by atoms with Gasteiger partial charge in [-0.15, -0.1) is 0 Å². The molecule has 0 spiro atoms. The lowest BCUT2D eigenvalue weighted by Crippen LogP contribution is -2.54. The van der Waals surface area contributed by atoms with Crippen molar-refractivity contribution in [2.24, 2.45) is 5.41 Å². The van der Waals surface area contributed by atoms with Crippen molar-refractivity contribution in [2.45, 2.75) is 39.8 Å². The highest BCUT2D eigenvalue weighted by atomic mass is 35.5. The van der Waals surface area contributed by atoms with Crippen LogP contribution >= 0.6 is 11.6 Å². The molecule has 0 amide bonds. The smallest absolute Gasteiger partial charge is 0.310 e. The molecule has 100 valence electrons. The van der Waals surface area contributed by atoms with Crippen LogP contribution in [0.5, 0.6) is 0 Å². The first-order valence-electron chi connectivity index (χ1n) is 5.75. The van der Waals surface area contributed by atoms with Gasteiger partial charge in [-0.1, -0.05) is 11.6 Å². The summed E-state index contributed by atoms with van der Waals surface area (Å²) in [6.07, 6.45) is 3.24. The molecule has 1 rings (SSSR count). The van der Waals surface area contributed by atoms with E-state index < -0.39 is 16.9 Å². The van der Waals surface area contributed by atoms with Gasteiger partial charge in [-0.3, -0.25) is 9.78 Å². The molecule has 0 saturated carbocycles. The van der Waals surface area contributed by atoms with Gasteiger partial charge in [0.05, 0.1) is 10.4 Å². The average Bonchev–Trinajstić information content (AvgIpc) is 2.27. The maximum Gasteiger partial charge on any atom is 0.310 e. The van der Waals surface area contributed by atoms with Crippen LogP contribution in [-0.2, 0) is 11.3 Å². The van der Waals surface area contributed by atoms with Gasteiger partial charge in [0.25, 0.3) is 0 Å². The Morgan fingerprint density at radius 1 is 1.44 bits per heavy atom. The quantitative estimate of drug-likeness (QED) is 0.864. The number of hydrogen-bond donors (Lipinski definition) is 2. The molecule has 0 bridgehead atoms. The van der Waals surface area contributed by atoms with Crippen LogP contribution in [0.15, 0.2) is 18.5 Å². The molecule has 0 aliphatic heterocycles. The fourth-order valence-electron chi connectivity index (χ4n) is 1.35. The van der Waals surface area contributed by atoms with Crippen molar-refractivity contribution in [3.05, 3.63) is 29.0 Å². The number of nitrogens with zero attached hydrogens (tertiary/aromatic N) is 1. The van der Waals surface area contributed by atoms with Crippen LogP contribution in [0.4, 0.5) is 0 Å². The van der Waals surface area contributed by atoms with E-state index in [1.165, 1.54) is 0 Å². The van der Waals surface area contributed by atoms with Crippen LogP contribution in [0, 0.1) is 5.41 Å². The second-order valence-corrected chi connectivity index (χ2v) is 5.78. The Morgan fingerprint density at radius 2 is 2.06 bits per heavy atom. The zero-order valence-corrected chi connectivity index (χ0v) is 11.9. The first kappa shape index (κ1) is 14.9. The number of aromatic nitrogens is 1. The third-order valence-corrected chi connectivity index (χ3v) is 4.01. The predicted molar refractivity (Wildman–Crippen MR) is 71.6 cm³/mol. The van der Waals surface area contributed by atoms with Gasteiger partial charge in [0, 0.05) is 24.5 Å². The Balaban J connectivity index is 2.80. The number of aliphatic carboxylic acids is 1. The fraction of sp³-hybridized carbons (Fsp3) is 0.538. The molecular weight excluding hydrogens is 252 g/mol. The molecule has 0 atom stereocenters. The van der Waals surface area contributed by atoms with Crippen LogP contribution < -0.4 is 5.32 Å². The van der Waals surface area contributed by atoms with Crippen molar-refractivity contribution in [2.75, 3.05) is 0 Å². The second-order valence-electron chi connectivity index (χ2n) is 5.38. The highest BCUT2D eigenvalue weighted by Crippen LogP contribution is 2.31. The van der Waals surface area contributed by atoms with Gasteiger partial charge in [-0.2, -0.15) is 0 Å². The lowest BCUT2D eigenvalue weighted by molar-refractivity contribution is -0.151. The molecule has 1 aromatic heterocycles. The molecule has 0 aromatic carbocycles. The summed E-state index contributed by atoms with van der Waals surface area (Å²) < 4.78 is 0.